The maximum absolute atomic E-state index is 9.00. The first-order valence-corrected chi connectivity index (χ1v) is 3.97. The van der Waals surface area contributed by atoms with Crippen molar-refractivity contribution in [2.45, 2.75) is 20.3 Å². The van der Waals surface area contributed by atoms with E-state index in [1.165, 1.54) is 0 Å². The van der Waals surface area contributed by atoms with E-state index in [4.69, 9.17) is 10.8 Å². The summed E-state index contributed by atoms with van der Waals surface area (Å²) < 4.78 is 0. The second kappa shape index (κ2) is 2.51. The molecule has 0 aromatic rings. The first kappa shape index (κ1) is 8.02. The Balaban J connectivity index is 2.45. The molecule has 0 heterocycles. The number of hydrogen-bond donors (Lipinski definition) is 2. The number of aliphatic hydroxyl groups is 1. The van der Waals surface area contributed by atoms with Gasteiger partial charge in [0.25, 0.3) is 0 Å². The topological polar surface area (TPSA) is 46.2 Å². The molecule has 0 spiro atoms. The Hall–Kier alpha value is -0.0800. The van der Waals surface area contributed by atoms with Crippen LogP contribution < -0.4 is 5.73 Å². The van der Waals surface area contributed by atoms with Crippen LogP contribution in [0.4, 0.5) is 0 Å². The van der Waals surface area contributed by atoms with Gasteiger partial charge in [0.1, 0.15) is 0 Å². The SMILES string of the molecule is CC(C)C1CC1(CN)CO. The Morgan fingerprint density at radius 2 is 2.30 bits per heavy atom. The number of rotatable bonds is 3. The van der Waals surface area contributed by atoms with Crippen molar-refractivity contribution in [1.29, 1.82) is 0 Å². The van der Waals surface area contributed by atoms with Gasteiger partial charge in [-0.1, -0.05) is 13.8 Å². The summed E-state index contributed by atoms with van der Waals surface area (Å²) in [5.74, 6) is 1.35. The van der Waals surface area contributed by atoms with E-state index in [2.05, 4.69) is 13.8 Å². The van der Waals surface area contributed by atoms with E-state index in [-0.39, 0.29) is 12.0 Å². The van der Waals surface area contributed by atoms with Crippen LogP contribution in [0.2, 0.25) is 0 Å². The van der Waals surface area contributed by atoms with Crippen molar-refractivity contribution in [3.63, 3.8) is 0 Å². The summed E-state index contributed by atoms with van der Waals surface area (Å²) in [4.78, 5) is 0. The molecule has 1 fully saturated rings. The van der Waals surface area contributed by atoms with Crippen molar-refractivity contribution in [1.82, 2.24) is 0 Å². The fourth-order valence-electron chi connectivity index (χ4n) is 1.80. The van der Waals surface area contributed by atoms with E-state index in [0.717, 1.165) is 6.42 Å². The zero-order chi connectivity index (χ0) is 7.78. The van der Waals surface area contributed by atoms with Crippen LogP contribution in [0, 0.1) is 17.3 Å². The molecule has 1 saturated carbocycles. The molecular formula is C8H17NO. The molecule has 0 aromatic heterocycles. The minimum Gasteiger partial charge on any atom is -0.396 e. The van der Waals surface area contributed by atoms with Gasteiger partial charge in [0.15, 0.2) is 0 Å². The molecule has 0 aromatic carbocycles. The van der Waals surface area contributed by atoms with Crippen molar-refractivity contribution in [3.05, 3.63) is 0 Å². The molecule has 2 heteroatoms. The average Bonchev–Trinajstić information content (AvgIpc) is 2.63. The van der Waals surface area contributed by atoms with Crippen molar-refractivity contribution < 1.29 is 5.11 Å². The quantitative estimate of drug-likeness (QED) is 0.607. The summed E-state index contributed by atoms with van der Waals surface area (Å²) >= 11 is 0. The van der Waals surface area contributed by atoms with Gasteiger partial charge in [0, 0.05) is 12.0 Å². The Labute approximate surface area is 62.4 Å². The molecule has 10 heavy (non-hydrogen) atoms. The predicted octanol–water partition coefficient (Wildman–Crippen LogP) is 0.600. The Bertz CT molecular complexity index is 118. The van der Waals surface area contributed by atoms with Gasteiger partial charge in [-0.3, -0.25) is 0 Å². The Morgan fingerprint density at radius 1 is 1.70 bits per heavy atom. The van der Waals surface area contributed by atoms with Crippen LogP contribution in [0.5, 0.6) is 0 Å². The monoisotopic (exact) mass is 143 g/mol. The highest BCUT2D eigenvalue weighted by Crippen LogP contribution is 2.55. The molecule has 0 radical (unpaired) electrons. The lowest BCUT2D eigenvalue weighted by Gasteiger charge is -2.12. The average molecular weight is 143 g/mol. The third-order valence-corrected chi connectivity index (χ3v) is 2.78. The van der Waals surface area contributed by atoms with Crippen molar-refractivity contribution in [2.24, 2.45) is 23.0 Å². The number of hydrogen-bond acceptors (Lipinski definition) is 2. The summed E-state index contributed by atoms with van der Waals surface area (Å²) in [6.07, 6.45) is 1.12. The largest absolute Gasteiger partial charge is 0.396 e. The maximum atomic E-state index is 9.00. The third kappa shape index (κ3) is 1.06. The van der Waals surface area contributed by atoms with E-state index >= 15 is 0 Å². The summed E-state index contributed by atoms with van der Waals surface area (Å²) in [5, 5.41) is 9.00. The number of nitrogens with two attached hydrogens (primary N) is 1. The van der Waals surface area contributed by atoms with E-state index in [1.807, 2.05) is 0 Å². The van der Waals surface area contributed by atoms with Crippen LogP contribution in [0.1, 0.15) is 20.3 Å². The van der Waals surface area contributed by atoms with E-state index in [1.54, 1.807) is 0 Å². The normalized spacial score (nSPS) is 38.7. The van der Waals surface area contributed by atoms with Gasteiger partial charge < -0.3 is 10.8 Å². The molecule has 3 N–H and O–H groups in total. The molecule has 2 atom stereocenters. The fourth-order valence-corrected chi connectivity index (χ4v) is 1.80. The smallest absolute Gasteiger partial charge is 0.0502 e. The second-order valence-electron chi connectivity index (χ2n) is 3.78. The molecule has 1 rings (SSSR count). The highest BCUT2D eigenvalue weighted by molar-refractivity contribution is 5.03. The Kier molecular flexibility index (Phi) is 2.02. The van der Waals surface area contributed by atoms with Gasteiger partial charge in [-0.2, -0.15) is 0 Å². The highest BCUT2D eigenvalue weighted by atomic mass is 16.3. The predicted molar refractivity (Wildman–Crippen MR) is 41.5 cm³/mol. The van der Waals surface area contributed by atoms with E-state index in [0.29, 0.717) is 18.4 Å². The minimum atomic E-state index is 0.105. The van der Waals surface area contributed by atoms with Gasteiger partial charge in [-0.15, -0.1) is 0 Å². The summed E-state index contributed by atoms with van der Waals surface area (Å²) in [6.45, 7) is 5.30. The molecule has 1 aliphatic rings. The minimum absolute atomic E-state index is 0.105. The van der Waals surface area contributed by atoms with Crippen LogP contribution in [-0.2, 0) is 0 Å². The zero-order valence-electron chi connectivity index (χ0n) is 6.80. The molecule has 0 bridgehead atoms. The van der Waals surface area contributed by atoms with Gasteiger partial charge in [0.2, 0.25) is 0 Å². The standard InChI is InChI=1S/C8H17NO/c1-6(2)7-3-8(7,4-9)5-10/h6-7,10H,3-5,9H2,1-2H3. The van der Waals surface area contributed by atoms with Gasteiger partial charge >= 0.3 is 0 Å². The van der Waals surface area contributed by atoms with Crippen LogP contribution in [-0.4, -0.2) is 18.3 Å². The lowest BCUT2D eigenvalue weighted by molar-refractivity contribution is 0.194. The lowest BCUT2D eigenvalue weighted by Crippen LogP contribution is -2.23. The molecule has 2 unspecified atom stereocenters. The summed E-state index contributed by atoms with van der Waals surface area (Å²) in [6, 6.07) is 0. The highest BCUT2D eigenvalue weighted by Gasteiger charge is 2.53. The molecule has 60 valence electrons. The molecule has 1 aliphatic carbocycles. The van der Waals surface area contributed by atoms with E-state index in [9.17, 15) is 0 Å². The van der Waals surface area contributed by atoms with Gasteiger partial charge in [-0.25, -0.2) is 0 Å². The van der Waals surface area contributed by atoms with Crippen molar-refractivity contribution >= 4 is 0 Å². The molecular weight excluding hydrogens is 126 g/mol. The summed E-state index contributed by atoms with van der Waals surface area (Å²) in [7, 11) is 0. The molecule has 2 nitrogen and oxygen atoms in total. The zero-order valence-corrected chi connectivity index (χ0v) is 6.80. The second-order valence-corrected chi connectivity index (χ2v) is 3.78. The third-order valence-electron chi connectivity index (χ3n) is 2.78. The van der Waals surface area contributed by atoms with Crippen molar-refractivity contribution in [3.8, 4) is 0 Å². The molecule has 0 amide bonds. The van der Waals surface area contributed by atoms with Crippen molar-refractivity contribution in [2.75, 3.05) is 13.2 Å². The first-order valence-electron chi connectivity index (χ1n) is 3.97. The van der Waals surface area contributed by atoms with Crippen LogP contribution in [0.25, 0.3) is 0 Å². The maximum Gasteiger partial charge on any atom is 0.0502 e. The van der Waals surface area contributed by atoms with Gasteiger partial charge in [-0.05, 0) is 18.3 Å². The lowest BCUT2D eigenvalue weighted by atomic mass is 9.98. The fraction of sp³-hybridized carbons (Fsp3) is 1.00. The number of aliphatic hydroxyl groups excluding tert-OH is 1. The van der Waals surface area contributed by atoms with E-state index < -0.39 is 0 Å². The van der Waals surface area contributed by atoms with Gasteiger partial charge in [0.05, 0.1) is 6.61 Å². The Morgan fingerprint density at radius 3 is 2.40 bits per heavy atom. The molecule has 0 aliphatic heterocycles. The molecule has 0 saturated heterocycles. The first-order chi connectivity index (χ1) is 4.66. The van der Waals surface area contributed by atoms with Crippen LogP contribution in [0.15, 0.2) is 0 Å². The van der Waals surface area contributed by atoms with Crippen LogP contribution in [0.3, 0.4) is 0 Å². The van der Waals surface area contributed by atoms with Crippen LogP contribution >= 0.6 is 0 Å². The summed E-state index contributed by atoms with van der Waals surface area (Å²) in [5.41, 5.74) is 5.65.